The van der Waals surface area contributed by atoms with Gasteiger partial charge >= 0.3 is 5.97 Å². The van der Waals surface area contributed by atoms with E-state index in [-0.39, 0.29) is 24.7 Å². The highest BCUT2D eigenvalue weighted by molar-refractivity contribution is 7.13. The molecular formula is C25H27N3O4S. The van der Waals surface area contributed by atoms with Crippen LogP contribution in [-0.2, 0) is 25.6 Å². The second kappa shape index (κ2) is 10.6. The third kappa shape index (κ3) is 6.18. The summed E-state index contributed by atoms with van der Waals surface area (Å²) >= 11 is 1.59. The van der Waals surface area contributed by atoms with E-state index in [2.05, 4.69) is 0 Å². The normalized spacial score (nSPS) is 18.5. The van der Waals surface area contributed by atoms with E-state index in [1.807, 2.05) is 72.6 Å². The molecule has 172 valence electrons. The van der Waals surface area contributed by atoms with Crippen molar-refractivity contribution in [1.29, 1.82) is 0 Å². The fourth-order valence-corrected chi connectivity index (χ4v) is 4.56. The van der Waals surface area contributed by atoms with Crippen LogP contribution in [0.2, 0.25) is 0 Å². The third-order valence-electron chi connectivity index (χ3n) is 5.24. The van der Waals surface area contributed by atoms with E-state index in [4.69, 9.17) is 14.6 Å². The molecule has 0 radical (unpaired) electrons. The number of amides is 1. The van der Waals surface area contributed by atoms with E-state index >= 15 is 0 Å². The highest BCUT2D eigenvalue weighted by Gasteiger charge is 2.26. The van der Waals surface area contributed by atoms with Crippen molar-refractivity contribution < 1.29 is 19.1 Å². The summed E-state index contributed by atoms with van der Waals surface area (Å²) in [5.74, 6) is -0.778. The molecule has 1 aliphatic rings. The van der Waals surface area contributed by atoms with Crippen LogP contribution in [0.25, 0.3) is 16.6 Å². The number of ether oxygens (including phenoxy) is 2. The van der Waals surface area contributed by atoms with Crippen molar-refractivity contribution >= 4 is 29.3 Å². The van der Waals surface area contributed by atoms with Crippen molar-refractivity contribution in [2.75, 3.05) is 19.7 Å². The lowest BCUT2D eigenvalue weighted by Gasteiger charge is -2.35. The zero-order valence-corrected chi connectivity index (χ0v) is 19.5. The topological polar surface area (TPSA) is 73.7 Å². The van der Waals surface area contributed by atoms with Gasteiger partial charge in [-0.05, 0) is 36.9 Å². The predicted molar refractivity (Wildman–Crippen MR) is 128 cm³/mol. The van der Waals surface area contributed by atoms with Gasteiger partial charge in [0.1, 0.15) is 5.69 Å². The van der Waals surface area contributed by atoms with Gasteiger partial charge in [0.15, 0.2) is 6.61 Å². The van der Waals surface area contributed by atoms with Crippen LogP contribution in [0.1, 0.15) is 25.0 Å². The molecule has 3 heterocycles. The Balaban J connectivity index is 1.41. The zero-order chi connectivity index (χ0) is 23.2. The summed E-state index contributed by atoms with van der Waals surface area (Å²) in [6, 6.07) is 14.0. The van der Waals surface area contributed by atoms with Crippen LogP contribution in [0.4, 0.5) is 0 Å². The number of esters is 1. The molecular weight excluding hydrogens is 438 g/mol. The number of nitrogens with zero attached hydrogens (tertiary/aromatic N) is 3. The number of carbonyl (C=O) groups is 2. The van der Waals surface area contributed by atoms with Crippen molar-refractivity contribution in [2.45, 2.75) is 32.6 Å². The Labute approximate surface area is 197 Å². The lowest BCUT2D eigenvalue weighted by molar-refractivity contribution is -0.154. The standard InChI is InChI=1S/C25H27N3O4S/c1-18-13-27(14-19(2)32-18)23(29)17-31-24(30)11-10-21-16-28(15-20-7-4-3-5-8-20)26-25(21)22-9-6-12-33-22/h3-12,16,18-19H,13-15,17H2,1-2H3/b11-10+. The molecule has 8 heteroatoms. The van der Waals surface area contributed by atoms with E-state index in [0.29, 0.717) is 19.6 Å². The van der Waals surface area contributed by atoms with Gasteiger partial charge in [-0.3, -0.25) is 9.48 Å². The van der Waals surface area contributed by atoms with Gasteiger partial charge in [-0.1, -0.05) is 36.4 Å². The molecule has 1 aliphatic heterocycles. The summed E-state index contributed by atoms with van der Waals surface area (Å²) in [5.41, 5.74) is 2.75. The summed E-state index contributed by atoms with van der Waals surface area (Å²) < 4.78 is 12.7. The number of hydrogen-bond donors (Lipinski definition) is 0. The van der Waals surface area contributed by atoms with Gasteiger partial charge in [0.2, 0.25) is 0 Å². The van der Waals surface area contributed by atoms with Gasteiger partial charge in [-0.2, -0.15) is 5.10 Å². The van der Waals surface area contributed by atoms with Crippen LogP contribution >= 0.6 is 11.3 Å². The minimum absolute atomic E-state index is 0.0311. The number of thiophene rings is 1. The zero-order valence-electron chi connectivity index (χ0n) is 18.7. The SMILES string of the molecule is CC1CN(C(=O)COC(=O)/C=C/c2cn(Cc3ccccc3)nc2-c2cccs2)CC(C)O1. The molecule has 0 N–H and O–H groups in total. The Hall–Kier alpha value is -3.23. The molecule has 33 heavy (non-hydrogen) atoms. The fraction of sp³-hybridized carbons (Fsp3) is 0.320. The molecule has 7 nitrogen and oxygen atoms in total. The summed E-state index contributed by atoms with van der Waals surface area (Å²) in [6.07, 6.45) is 4.88. The second-order valence-corrected chi connectivity index (χ2v) is 9.04. The monoisotopic (exact) mass is 465 g/mol. The summed E-state index contributed by atoms with van der Waals surface area (Å²) in [4.78, 5) is 27.4. The molecule has 0 bridgehead atoms. The van der Waals surface area contributed by atoms with Crippen LogP contribution < -0.4 is 0 Å². The first-order valence-electron chi connectivity index (χ1n) is 10.9. The molecule has 2 atom stereocenters. The molecule has 2 unspecified atom stereocenters. The van der Waals surface area contributed by atoms with Gasteiger partial charge in [0.25, 0.3) is 5.91 Å². The van der Waals surface area contributed by atoms with Gasteiger partial charge in [0, 0.05) is 30.9 Å². The Bertz CT molecular complexity index is 1100. The van der Waals surface area contributed by atoms with Gasteiger partial charge in [-0.15, -0.1) is 11.3 Å². The van der Waals surface area contributed by atoms with Gasteiger partial charge in [-0.25, -0.2) is 4.79 Å². The van der Waals surface area contributed by atoms with Crippen LogP contribution in [0.3, 0.4) is 0 Å². The van der Waals surface area contributed by atoms with E-state index in [1.54, 1.807) is 22.3 Å². The average molecular weight is 466 g/mol. The Kier molecular flexibility index (Phi) is 7.36. The molecule has 3 aromatic rings. The lowest BCUT2D eigenvalue weighted by Crippen LogP contribution is -2.49. The van der Waals surface area contributed by atoms with Crippen molar-refractivity contribution in [2.24, 2.45) is 0 Å². The third-order valence-corrected chi connectivity index (χ3v) is 6.12. The maximum atomic E-state index is 12.4. The minimum Gasteiger partial charge on any atom is -0.452 e. The molecule has 1 aromatic carbocycles. The van der Waals surface area contributed by atoms with E-state index in [1.165, 1.54) is 6.08 Å². The molecule has 1 fully saturated rings. The highest BCUT2D eigenvalue weighted by atomic mass is 32.1. The molecule has 0 saturated carbocycles. The number of morpholine rings is 1. The van der Waals surface area contributed by atoms with Crippen molar-refractivity contribution in [3.8, 4) is 10.6 Å². The number of aromatic nitrogens is 2. The Morgan fingerprint density at radius 3 is 2.61 bits per heavy atom. The first-order chi connectivity index (χ1) is 16.0. The predicted octanol–water partition coefficient (Wildman–Crippen LogP) is 3.85. The quantitative estimate of drug-likeness (QED) is 0.391. The van der Waals surface area contributed by atoms with Crippen molar-refractivity contribution in [3.63, 3.8) is 0 Å². The number of hydrogen-bond acceptors (Lipinski definition) is 6. The lowest BCUT2D eigenvalue weighted by atomic mass is 10.2. The summed E-state index contributed by atoms with van der Waals surface area (Å²) in [6.45, 7) is 5.19. The average Bonchev–Trinajstić information content (AvgIpc) is 3.46. The second-order valence-electron chi connectivity index (χ2n) is 8.09. The number of benzene rings is 1. The maximum absolute atomic E-state index is 12.4. The van der Waals surface area contributed by atoms with Crippen molar-refractivity contribution in [3.05, 3.63) is 71.2 Å². The highest BCUT2D eigenvalue weighted by Crippen LogP contribution is 2.27. The smallest absolute Gasteiger partial charge is 0.331 e. The van der Waals surface area contributed by atoms with E-state index in [0.717, 1.165) is 21.7 Å². The van der Waals surface area contributed by atoms with Gasteiger partial charge < -0.3 is 14.4 Å². The molecule has 1 saturated heterocycles. The maximum Gasteiger partial charge on any atom is 0.331 e. The van der Waals surface area contributed by atoms with Gasteiger partial charge in [0.05, 0.1) is 23.6 Å². The van der Waals surface area contributed by atoms with Crippen LogP contribution in [0, 0.1) is 0 Å². The fourth-order valence-electron chi connectivity index (χ4n) is 3.83. The molecule has 1 amide bonds. The first-order valence-corrected chi connectivity index (χ1v) is 11.8. The number of carbonyl (C=O) groups excluding carboxylic acids is 2. The first kappa shape index (κ1) is 22.9. The van der Waals surface area contributed by atoms with E-state index < -0.39 is 5.97 Å². The molecule has 4 rings (SSSR count). The van der Waals surface area contributed by atoms with Crippen LogP contribution in [0.15, 0.2) is 60.1 Å². The summed E-state index contributed by atoms with van der Waals surface area (Å²) in [5, 5.41) is 6.72. The molecule has 0 spiro atoms. The summed E-state index contributed by atoms with van der Waals surface area (Å²) in [7, 11) is 0. The largest absolute Gasteiger partial charge is 0.452 e. The van der Waals surface area contributed by atoms with Crippen molar-refractivity contribution in [1.82, 2.24) is 14.7 Å². The Morgan fingerprint density at radius 2 is 1.91 bits per heavy atom. The molecule has 2 aromatic heterocycles. The Morgan fingerprint density at radius 1 is 1.15 bits per heavy atom. The van der Waals surface area contributed by atoms with Crippen LogP contribution in [0.5, 0.6) is 0 Å². The van der Waals surface area contributed by atoms with E-state index in [9.17, 15) is 9.59 Å². The molecule has 0 aliphatic carbocycles. The minimum atomic E-state index is -0.564. The van der Waals surface area contributed by atoms with Crippen LogP contribution in [-0.4, -0.2) is 58.5 Å². The number of rotatable bonds is 7.